The molecule has 1 aromatic heterocycles. The Morgan fingerprint density at radius 2 is 2.33 bits per heavy atom. The first kappa shape index (κ1) is 11.3. The van der Waals surface area contributed by atoms with Crippen LogP contribution in [0.1, 0.15) is 10.4 Å². The molecule has 0 saturated heterocycles. The molecular weight excluding hydrogens is 246 g/mol. The summed E-state index contributed by atoms with van der Waals surface area (Å²) in [4.78, 5) is 21.6. The molecule has 0 spiro atoms. The Labute approximate surface area is 109 Å². The third kappa shape index (κ3) is 1.80. The van der Waals surface area contributed by atoms with Crippen molar-refractivity contribution in [3.63, 3.8) is 0 Å². The van der Waals surface area contributed by atoms with Gasteiger partial charge in [0.15, 0.2) is 5.17 Å². The molecule has 3 rings (SSSR count). The summed E-state index contributed by atoms with van der Waals surface area (Å²) in [5.74, 6) is 0.0251. The number of nitrogens with one attached hydrogen (secondary N) is 1. The fourth-order valence-corrected chi connectivity index (χ4v) is 2.74. The van der Waals surface area contributed by atoms with E-state index in [9.17, 15) is 4.79 Å². The summed E-state index contributed by atoms with van der Waals surface area (Å²) in [5.41, 5.74) is 1.69. The molecule has 2 aromatic rings. The lowest BCUT2D eigenvalue weighted by molar-refractivity contribution is 0.0861. The van der Waals surface area contributed by atoms with E-state index in [1.54, 1.807) is 4.90 Å². The summed E-state index contributed by atoms with van der Waals surface area (Å²) < 4.78 is 0. The van der Waals surface area contributed by atoms with E-state index in [1.165, 1.54) is 11.8 Å². The van der Waals surface area contributed by atoms with Gasteiger partial charge in [0.2, 0.25) is 0 Å². The van der Waals surface area contributed by atoms with Crippen molar-refractivity contribution in [1.29, 1.82) is 0 Å². The van der Waals surface area contributed by atoms with Gasteiger partial charge in [-0.3, -0.25) is 14.7 Å². The normalized spacial score (nSPS) is 15.2. The van der Waals surface area contributed by atoms with Crippen molar-refractivity contribution in [2.24, 2.45) is 4.99 Å². The highest BCUT2D eigenvalue weighted by Gasteiger charge is 2.24. The minimum absolute atomic E-state index is 0.0251. The number of H-pyrrole nitrogens is 1. The largest absolute Gasteiger partial charge is 0.361 e. The van der Waals surface area contributed by atoms with Gasteiger partial charge >= 0.3 is 0 Å². The molecule has 1 N–H and O–H groups in total. The Morgan fingerprint density at radius 3 is 3.17 bits per heavy atom. The van der Waals surface area contributed by atoms with Gasteiger partial charge < -0.3 is 4.98 Å². The molecule has 0 fully saturated rings. The summed E-state index contributed by atoms with van der Waals surface area (Å²) in [6, 6.07) is 7.72. The number of amides is 1. The molecule has 0 saturated carbocycles. The maximum atomic E-state index is 12.4. The molecule has 92 valence electrons. The SMILES string of the molecule is CSC1=NCCN1C(=O)c1ccc2cc[nH]c2c1. The summed E-state index contributed by atoms with van der Waals surface area (Å²) in [6.07, 6.45) is 3.82. The summed E-state index contributed by atoms with van der Waals surface area (Å²) in [6.45, 7) is 1.38. The van der Waals surface area contributed by atoms with Gasteiger partial charge in [0.25, 0.3) is 5.91 Å². The van der Waals surface area contributed by atoms with Crippen molar-refractivity contribution in [1.82, 2.24) is 9.88 Å². The van der Waals surface area contributed by atoms with Crippen molar-refractivity contribution in [2.75, 3.05) is 19.3 Å². The predicted molar refractivity (Wildman–Crippen MR) is 75.2 cm³/mol. The maximum Gasteiger partial charge on any atom is 0.259 e. The maximum absolute atomic E-state index is 12.4. The second-order valence-corrected chi connectivity index (χ2v) is 4.88. The number of hydrogen-bond acceptors (Lipinski definition) is 3. The molecule has 2 heterocycles. The number of benzene rings is 1. The Kier molecular flexibility index (Phi) is 2.83. The molecule has 0 bridgehead atoms. The number of carbonyl (C=O) groups is 1. The standard InChI is InChI=1S/C13H13N3OS/c1-18-13-15-6-7-16(13)12(17)10-3-2-9-4-5-14-11(9)8-10/h2-5,8,14H,6-7H2,1H3. The van der Waals surface area contributed by atoms with Gasteiger partial charge in [-0.15, -0.1) is 0 Å². The molecule has 4 nitrogen and oxygen atoms in total. The highest BCUT2D eigenvalue weighted by molar-refractivity contribution is 8.13. The van der Waals surface area contributed by atoms with Crippen LogP contribution in [0.4, 0.5) is 0 Å². The molecule has 0 unspecified atom stereocenters. The van der Waals surface area contributed by atoms with Crippen molar-refractivity contribution in [3.05, 3.63) is 36.0 Å². The number of rotatable bonds is 1. The Hall–Kier alpha value is -1.75. The summed E-state index contributed by atoms with van der Waals surface area (Å²) >= 11 is 1.52. The van der Waals surface area contributed by atoms with E-state index in [-0.39, 0.29) is 5.91 Å². The van der Waals surface area contributed by atoms with E-state index < -0.39 is 0 Å². The van der Waals surface area contributed by atoms with Gasteiger partial charge in [0.05, 0.1) is 6.54 Å². The fraction of sp³-hybridized carbons (Fsp3) is 0.231. The number of carbonyl (C=O) groups excluding carboxylic acids is 1. The molecule has 0 atom stereocenters. The number of amidine groups is 1. The lowest BCUT2D eigenvalue weighted by Crippen LogP contribution is -2.32. The zero-order chi connectivity index (χ0) is 12.5. The first-order valence-electron chi connectivity index (χ1n) is 5.77. The van der Waals surface area contributed by atoms with Gasteiger partial charge in [-0.05, 0) is 29.8 Å². The highest BCUT2D eigenvalue weighted by Crippen LogP contribution is 2.19. The van der Waals surface area contributed by atoms with Crippen LogP contribution in [0.3, 0.4) is 0 Å². The van der Waals surface area contributed by atoms with E-state index in [2.05, 4.69) is 9.98 Å². The number of thioether (sulfide) groups is 1. The first-order chi connectivity index (χ1) is 8.79. The van der Waals surface area contributed by atoms with Crippen LogP contribution < -0.4 is 0 Å². The molecule has 0 aliphatic carbocycles. The van der Waals surface area contributed by atoms with Gasteiger partial charge in [-0.2, -0.15) is 0 Å². The van der Waals surface area contributed by atoms with E-state index in [1.807, 2.05) is 36.7 Å². The minimum Gasteiger partial charge on any atom is -0.361 e. The molecule has 1 amide bonds. The highest BCUT2D eigenvalue weighted by atomic mass is 32.2. The molecular formula is C13H13N3OS. The second-order valence-electron chi connectivity index (χ2n) is 4.10. The summed E-state index contributed by atoms with van der Waals surface area (Å²) in [7, 11) is 0. The Bertz CT molecular complexity index is 632. The van der Waals surface area contributed by atoms with E-state index in [4.69, 9.17) is 0 Å². The molecule has 1 aliphatic heterocycles. The van der Waals surface area contributed by atoms with Crippen LogP contribution in [0, 0.1) is 0 Å². The van der Waals surface area contributed by atoms with Crippen molar-refractivity contribution < 1.29 is 4.79 Å². The third-order valence-corrected chi connectivity index (χ3v) is 3.75. The number of aliphatic imine (C=N–C) groups is 1. The first-order valence-corrected chi connectivity index (χ1v) is 6.99. The fourth-order valence-electron chi connectivity index (χ4n) is 2.13. The molecule has 5 heteroatoms. The van der Waals surface area contributed by atoms with Gasteiger partial charge in [-0.1, -0.05) is 17.8 Å². The smallest absolute Gasteiger partial charge is 0.259 e. The second kappa shape index (κ2) is 4.49. The zero-order valence-electron chi connectivity index (χ0n) is 10.0. The number of fused-ring (bicyclic) bond motifs is 1. The number of nitrogens with zero attached hydrogens (tertiary/aromatic N) is 2. The molecule has 18 heavy (non-hydrogen) atoms. The Morgan fingerprint density at radius 1 is 1.44 bits per heavy atom. The van der Waals surface area contributed by atoms with Crippen LogP contribution in [0.5, 0.6) is 0 Å². The van der Waals surface area contributed by atoms with E-state index >= 15 is 0 Å². The third-order valence-electron chi connectivity index (χ3n) is 3.03. The molecule has 1 aliphatic rings. The van der Waals surface area contributed by atoms with Crippen LogP contribution in [0.15, 0.2) is 35.5 Å². The monoisotopic (exact) mass is 259 g/mol. The van der Waals surface area contributed by atoms with Crippen molar-refractivity contribution in [2.45, 2.75) is 0 Å². The molecule has 0 radical (unpaired) electrons. The van der Waals surface area contributed by atoms with E-state index in [0.717, 1.165) is 16.1 Å². The van der Waals surface area contributed by atoms with Gasteiger partial charge in [-0.25, -0.2) is 0 Å². The lowest BCUT2D eigenvalue weighted by atomic mass is 10.1. The van der Waals surface area contributed by atoms with Gasteiger partial charge in [0, 0.05) is 23.8 Å². The van der Waals surface area contributed by atoms with Crippen molar-refractivity contribution in [3.8, 4) is 0 Å². The quantitative estimate of drug-likeness (QED) is 0.854. The average Bonchev–Trinajstić information content (AvgIpc) is 3.05. The molecule has 1 aromatic carbocycles. The zero-order valence-corrected chi connectivity index (χ0v) is 10.8. The summed E-state index contributed by atoms with van der Waals surface area (Å²) in [5, 5.41) is 1.93. The van der Waals surface area contributed by atoms with Crippen LogP contribution in [-0.4, -0.2) is 40.3 Å². The average molecular weight is 259 g/mol. The predicted octanol–water partition coefficient (Wildman–Crippen LogP) is 2.34. The van der Waals surface area contributed by atoms with E-state index in [0.29, 0.717) is 18.7 Å². The van der Waals surface area contributed by atoms with Crippen molar-refractivity contribution >= 4 is 33.7 Å². The van der Waals surface area contributed by atoms with Crippen LogP contribution in [-0.2, 0) is 0 Å². The lowest BCUT2D eigenvalue weighted by Gasteiger charge is -2.16. The van der Waals surface area contributed by atoms with Crippen LogP contribution >= 0.6 is 11.8 Å². The minimum atomic E-state index is 0.0251. The topological polar surface area (TPSA) is 48.5 Å². The number of aromatic nitrogens is 1. The van der Waals surface area contributed by atoms with Gasteiger partial charge in [0.1, 0.15) is 0 Å². The number of aromatic amines is 1. The Balaban J connectivity index is 1.94. The van der Waals surface area contributed by atoms with Crippen LogP contribution in [0.2, 0.25) is 0 Å². The number of hydrogen-bond donors (Lipinski definition) is 1. The van der Waals surface area contributed by atoms with Crippen LogP contribution in [0.25, 0.3) is 10.9 Å².